The van der Waals surface area contributed by atoms with Crippen molar-refractivity contribution in [3.8, 4) is 0 Å². The number of hydrogen-bond donors (Lipinski definition) is 0. The van der Waals surface area contributed by atoms with E-state index in [2.05, 4.69) is 18.7 Å². The average molecular weight is 249 g/mol. The average Bonchev–Trinajstić information content (AvgIpc) is 2.77. The molecule has 0 aromatic rings. The lowest BCUT2D eigenvalue weighted by Gasteiger charge is -2.49. The summed E-state index contributed by atoms with van der Waals surface area (Å²) >= 11 is 0. The summed E-state index contributed by atoms with van der Waals surface area (Å²) in [5.41, 5.74) is 1.34. The van der Waals surface area contributed by atoms with Crippen LogP contribution >= 0.6 is 0 Å². The molecule has 3 aliphatic carbocycles. The topological polar surface area (TPSA) is 3.24 Å². The maximum absolute atomic E-state index is 2.92. The van der Waals surface area contributed by atoms with Crippen molar-refractivity contribution >= 4 is 0 Å². The molecule has 0 aromatic heterocycles. The summed E-state index contributed by atoms with van der Waals surface area (Å²) < 4.78 is 0. The highest BCUT2D eigenvalue weighted by molar-refractivity contribution is 4.93. The van der Waals surface area contributed by atoms with Crippen LogP contribution in [0.25, 0.3) is 0 Å². The third-order valence-corrected chi connectivity index (χ3v) is 6.13. The quantitative estimate of drug-likeness (QED) is 0.687. The van der Waals surface area contributed by atoms with Crippen molar-refractivity contribution in [1.82, 2.24) is 4.90 Å². The zero-order chi connectivity index (χ0) is 12.6. The van der Waals surface area contributed by atoms with Crippen molar-refractivity contribution in [3.63, 3.8) is 0 Å². The summed E-state index contributed by atoms with van der Waals surface area (Å²) in [5, 5.41) is 0. The molecule has 3 saturated carbocycles. The van der Waals surface area contributed by atoms with Gasteiger partial charge in [0.25, 0.3) is 0 Å². The zero-order valence-electron chi connectivity index (χ0n) is 12.5. The summed E-state index contributed by atoms with van der Waals surface area (Å²) in [4.78, 5) is 2.92. The summed E-state index contributed by atoms with van der Waals surface area (Å²) in [6.07, 6.45) is 14.8. The van der Waals surface area contributed by atoms with E-state index in [4.69, 9.17) is 0 Å². The number of rotatable bonds is 5. The van der Waals surface area contributed by atoms with Gasteiger partial charge in [-0.3, -0.25) is 4.90 Å². The van der Waals surface area contributed by atoms with E-state index < -0.39 is 0 Å². The summed E-state index contributed by atoms with van der Waals surface area (Å²) in [5.74, 6) is 0. The molecule has 0 amide bonds. The molecule has 1 nitrogen and oxygen atoms in total. The van der Waals surface area contributed by atoms with Crippen molar-refractivity contribution in [2.75, 3.05) is 13.1 Å². The third-order valence-electron chi connectivity index (χ3n) is 6.13. The molecule has 0 N–H and O–H groups in total. The largest absolute Gasteiger partial charge is 0.299 e. The van der Waals surface area contributed by atoms with Crippen LogP contribution in [0.2, 0.25) is 0 Å². The van der Waals surface area contributed by atoms with Crippen molar-refractivity contribution in [3.05, 3.63) is 0 Å². The van der Waals surface area contributed by atoms with E-state index in [0.717, 1.165) is 6.04 Å². The molecule has 0 atom stereocenters. The van der Waals surface area contributed by atoms with Crippen LogP contribution in [-0.2, 0) is 0 Å². The highest BCUT2D eigenvalue weighted by Crippen LogP contribution is 2.45. The Morgan fingerprint density at radius 1 is 0.778 bits per heavy atom. The van der Waals surface area contributed by atoms with Crippen LogP contribution in [0.3, 0.4) is 0 Å². The smallest absolute Gasteiger partial charge is 0.00957 e. The molecule has 0 spiro atoms. The minimum absolute atomic E-state index is 0.669. The normalized spacial score (nSPS) is 30.2. The minimum Gasteiger partial charge on any atom is -0.299 e. The van der Waals surface area contributed by atoms with Crippen molar-refractivity contribution in [1.29, 1.82) is 0 Å². The molecular weight excluding hydrogens is 218 g/mol. The maximum atomic E-state index is 2.92. The third kappa shape index (κ3) is 2.61. The highest BCUT2D eigenvalue weighted by Gasteiger charge is 2.40. The van der Waals surface area contributed by atoms with Crippen LogP contribution in [-0.4, -0.2) is 24.0 Å². The summed E-state index contributed by atoms with van der Waals surface area (Å²) in [6, 6.07) is 0.930. The monoisotopic (exact) mass is 249 g/mol. The molecular formula is C17H31N. The van der Waals surface area contributed by atoms with Gasteiger partial charge in [0.1, 0.15) is 0 Å². The molecule has 3 aliphatic rings. The van der Waals surface area contributed by atoms with Gasteiger partial charge in [0, 0.05) is 19.1 Å². The Labute approximate surface area is 113 Å². The number of nitrogens with zero attached hydrogens (tertiary/aromatic N) is 1. The van der Waals surface area contributed by atoms with Gasteiger partial charge >= 0.3 is 0 Å². The summed E-state index contributed by atoms with van der Waals surface area (Å²) in [6.45, 7) is 7.85. The molecule has 3 rings (SSSR count). The van der Waals surface area contributed by atoms with E-state index in [1.54, 1.807) is 0 Å². The first-order valence-electron chi connectivity index (χ1n) is 8.33. The SMILES string of the molecule is CC1(CN(CC2(C)CCC2)C2CCCC2)CCC1. The fraction of sp³-hybridized carbons (Fsp3) is 1.00. The summed E-state index contributed by atoms with van der Waals surface area (Å²) in [7, 11) is 0. The van der Waals surface area contributed by atoms with Gasteiger partial charge in [0.2, 0.25) is 0 Å². The van der Waals surface area contributed by atoms with Crippen LogP contribution in [0, 0.1) is 10.8 Å². The van der Waals surface area contributed by atoms with E-state index in [-0.39, 0.29) is 0 Å². The maximum Gasteiger partial charge on any atom is 0.00957 e. The molecule has 0 heterocycles. The lowest BCUT2D eigenvalue weighted by Crippen LogP contribution is -2.49. The first-order chi connectivity index (χ1) is 8.59. The molecule has 1 heteroatoms. The molecule has 0 radical (unpaired) electrons. The van der Waals surface area contributed by atoms with Crippen molar-refractivity contribution < 1.29 is 0 Å². The Balaban J connectivity index is 1.62. The Morgan fingerprint density at radius 2 is 1.22 bits per heavy atom. The van der Waals surface area contributed by atoms with Gasteiger partial charge in [-0.25, -0.2) is 0 Å². The molecule has 0 saturated heterocycles. The van der Waals surface area contributed by atoms with Crippen LogP contribution in [0.4, 0.5) is 0 Å². The van der Waals surface area contributed by atoms with E-state index >= 15 is 0 Å². The molecule has 3 fully saturated rings. The number of hydrogen-bond acceptors (Lipinski definition) is 1. The molecule has 0 unspecified atom stereocenters. The van der Waals surface area contributed by atoms with Gasteiger partial charge in [0.15, 0.2) is 0 Å². The molecule has 0 bridgehead atoms. The standard InChI is InChI=1S/C17H31N/c1-16(9-5-10-16)13-18(15-7-3-4-8-15)14-17(2)11-6-12-17/h15H,3-14H2,1-2H3. The van der Waals surface area contributed by atoms with Gasteiger partial charge in [-0.2, -0.15) is 0 Å². The Bertz CT molecular complexity index is 260. The van der Waals surface area contributed by atoms with Gasteiger partial charge in [-0.05, 0) is 49.4 Å². The first kappa shape index (κ1) is 13.0. The molecule has 0 aliphatic heterocycles. The fourth-order valence-electron chi connectivity index (χ4n) is 4.44. The highest BCUT2D eigenvalue weighted by atomic mass is 15.2. The minimum atomic E-state index is 0.669. The second-order valence-corrected chi connectivity index (χ2v) is 8.17. The lowest BCUT2D eigenvalue weighted by atomic mass is 9.67. The second kappa shape index (κ2) is 4.81. The van der Waals surface area contributed by atoms with Gasteiger partial charge in [-0.15, -0.1) is 0 Å². The first-order valence-corrected chi connectivity index (χ1v) is 8.33. The predicted molar refractivity (Wildman–Crippen MR) is 77.7 cm³/mol. The van der Waals surface area contributed by atoms with E-state index in [1.807, 2.05) is 0 Å². The van der Waals surface area contributed by atoms with Crippen molar-refractivity contribution in [2.24, 2.45) is 10.8 Å². The Morgan fingerprint density at radius 3 is 1.56 bits per heavy atom. The Kier molecular flexibility index (Phi) is 3.47. The predicted octanol–water partition coefficient (Wildman–Crippen LogP) is 4.61. The van der Waals surface area contributed by atoms with Gasteiger partial charge < -0.3 is 0 Å². The lowest BCUT2D eigenvalue weighted by molar-refractivity contribution is 0.00903. The van der Waals surface area contributed by atoms with E-state index in [1.165, 1.54) is 77.3 Å². The van der Waals surface area contributed by atoms with Crippen molar-refractivity contribution in [2.45, 2.75) is 84.1 Å². The second-order valence-electron chi connectivity index (χ2n) is 8.17. The fourth-order valence-corrected chi connectivity index (χ4v) is 4.44. The Hall–Kier alpha value is -0.0400. The van der Waals surface area contributed by atoms with E-state index in [0.29, 0.717) is 10.8 Å². The molecule has 104 valence electrons. The molecule has 18 heavy (non-hydrogen) atoms. The molecule has 0 aromatic carbocycles. The van der Waals surface area contributed by atoms with Gasteiger partial charge in [-0.1, -0.05) is 39.5 Å². The van der Waals surface area contributed by atoms with E-state index in [9.17, 15) is 0 Å². The van der Waals surface area contributed by atoms with Crippen LogP contribution in [0.5, 0.6) is 0 Å². The van der Waals surface area contributed by atoms with Crippen LogP contribution in [0.15, 0.2) is 0 Å². The van der Waals surface area contributed by atoms with Gasteiger partial charge in [0.05, 0.1) is 0 Å². The van der Waals surface area contributed by atoms with Crippen LogP contribution in [0.1, 0.15) is 78.1 Å². The van der Waals surface area contributed by atoms with Crippen LogP contribution < -0.4 is 0 Å². The zero-order valence-corrected chi connectivity index (χ0v) is 12.5.